The second-order valence-electron chi connectivity index (χ2n) is 4.63. The molecule has 0 aromatic heterocycles. The highest BCUT2D eigenvalue weighted by Gasteiger charge is 2.18. The number of carbonyl (C=O) groups is 2. The number of rotatable bonds is 5. The molecule has 1 aromatic carbocycles. The van der Waals surface area contributed by atoms with Gasteiger partial charge in [0.05, 0.1) is 12.1 Å². The number of esters is 1. The van der Waals surface area contributed by atoms with E-state index in [9.17, 15) is 9.59 Å². The van der Waals surface area contributed by atoms with Crippen molar-refractivity contribution in [2.75, 3.05) is 6.61 Å². The van der Waals surface area contributed by atoms with Gasteiger partial charge in [0.15, 0.2) is 0 Å². The molecule has 1 amide bonds. The van der Waals surface area contributed by atoms with Gasteiger partial charge in [-0.05, 0) is 32.9 Å². The summed E-state index contributed by atoms with van der Waals surface area (Å²) in [7, 11) is 0. The lowest BCUT2D eigenvalue weighted by molar-refractivity contribution is -0.137. The van der Waals surface area contributed by atoms with Gasteiger partial charge in [0, 0.05) is 11.6 Å². The van der Waals surface area contributed by atoms with Crippen molar-refractivity contribution >= 4 is 11.9 Å². The summed E-state index contributed by atoms with van der Waals surface area (Å²) >= 11 is 0. The molecule has 0 fully saturated rings. The van der Waals surface area contributed by atoms with E-state index in [0.29, 0.717) is 12.2 Å². The summed E-state index contributed by atoms with van der Waals surface area (Å²) in [5.74, 6) is -0.594. The van der Waals surface area contributed by atoms with Crippen LogP contribution >= 0.6 is 0 Å². The lowest BCUT2D eigenvalue weighted by atomic mass is 10.0. The summed E-state index contributed by atoms with van der Waals surface area (Å²) in [6, 6.07) is 8.93. The Balaban J connectivity index is 2.64. The molecule has 0 unspecified atom stereocenters. The number of hydrogen-bond donors (Lipinski definition) is 1. The van der Waals surface area contributed by atoms with Crippen molar-refractivity contribution in [2.24, 2.45) is 0 Å². The topological polar surface area (TPSA) is 55.4 Å². The van der Waals surface area contributed by atoms with Crippen LogP contribution in [0, 0.1) is 0 Å². The number of benzene rings is 1. The molecule has 0 aliphatic heterocycles. The average molecular weight is 261 g/mol. The zero-order valence-corrected chi connectivity index (χ0v) is 11.5. The second kappa shape index (κ2) is 6.73. The Hall–Kier alpha value is -2.10. The van der Waals surface area contributed by atoms with E-state index in [-0.39, 0.29) is 5.91 Å². The SMILES string of the molecule is CCOC(=O)C=CC(C)(C)NC(=O)c1ccccc1. The van der Waals surface area contributed by atoms with E-state index >= 15 is 0 Å². The Bertz CT molecular complexity index is 464. The Kier molecular flexibility index (Phi) is 5.30. The zero-order chi connectivity index (χ0) is 14.3. The van der Waals surface area contributed by atoms with Crippen LogP contribution in [0.15, 0.2) is 42.5 Å². The number of nitrogens with one attached hydrogen (secondary N) is 1. The minimum atomic E-state index is -0.625. The lowest BCUT2D eigenvalue weighted by Crippen LogP contribution is -2.41. The third-order valence-electron chi connectivity index (χ3n) is 2.39. The summed E-state index contributed by atoms with van der Waals surface area (Å²) in [5.41, 5.74) is -0.0419. The molecular weight excluding hydrogens is 242 g/mol. The van der Waals surface area contributed by atoms with Crippen LogP contribution in [0.3, 0.4) is 0 Å². The maximum Gasteiger partial charge on any atom is 0.330 e. The third-order valence-corrected chi connectivity index (χ3v) is 2.39. The first-order chi connectivity index (χ1) is 8.94. The molecule has 0 saturated carbocycles. The molecule has 4 heteroatoms. The monoisotopic (exact) mass is 261 g/mol. The minimum Gasteiger partial charge on any atom is -0.463 e. The first kappa shape index (κ1) is 15.0. The highest BCUT2D eigenvalue weighted by atomic mass is 16.5. The quantitative estimate of drug-likeness (QED) is 0.653. The van der Waals surface area contributed by atoms with E-state index < -0.39 is 11.5 Å². The summed E-state index contributed by atoms with van der Waals surface area (Å²) in [5, 5.41) is 2.84. The van der Waals surface area contributed by atoms with Crippen molar-refractivity contribution < 1.29 is 14.3 Å². The fraction of sp³-hybridized carbons (Fsp3) is 0.333. The smallest absolute Gasteiger partial charge is 0.330 e. The van der Waals surface area contributed by atoms with Gasteiger partial charge in [-0.1, -0.05) is 24.3 Å². The van der Waals surface area contributed by atoms with Gasteiger partial charge in [-0.2, -0.15) is 0 Å². The maximum atomic E-state index is 12.0. The molecule has 0 aliphatic rings. The molecule has 19 heavy (non-hydrogen) atoms. The van der Waals surface area contributed by atoms with Crippen LogP contribution in [0.5, 0.6) is 0 Å². The summed E-state index contributed by atoms with van der Waals surface area (Å²) in [6.45, 7) is 5.70. The standard InChI is InChI=1S/C15H19NO3/c1-4-19-13(17)10-11-15(2,3)16-14(18)12-8-6-5-7-9-12/h5-11H,4H2,1-3H3,(H,16,18). The average Bonchev–Trinajstić information content (AvgIpc) is 2.37. The largest absolute Gasteiger partial charge is 0.463 e. The van der Waals surface area contributed by atoms with Crippen molar-refractivity contribution in [3.63, 3.8) is 0 Å². The molecule has 1 aromatic rings. The van der Waals surface area contributed by atoms with Crippen LogP contribution in [0.2, 0.25) is 0 Å². The zero-order valence-electron chi connectivity index (χ0n) is 11.5. The molecule has 1 N–H and O–H groups in total. The van der Waals surface area contributed by atoms with E-state index in [0.717, 1.165) is 0 Å². The van der Waals surface area contributed by atoms with Gasteiger partial charge >= 0.3 is 5.97 Å². The van der Waals surface area contributed by atoms with Crippen LogP contribution in [-0.4, -0.2) is 24.0 Å². The van der Waals surface area contributed by atoms with Crippen LogP contribution < -0.4 is 5.32 Å². The normalized spacial score (nSPS) is 11.3. The van der Waals surface area contributed by atoms with Gasteiger partial charge < -0.3 is 10.1 Å². The molecular formula is C15H19NO3. The number of amides is 1. The molecule has 0 atom stereocenters. The molecule has 0 bridgehead atoms. The molecule has 0 aliphatic carbocycles. The molecule has 102 valence electrons. The molecule has 0 spiro atoms. The van der Waals surface area contributed by atoms with Gasteiger partial charge in [-0.3, -0.25) is 4.79 Å². The highest BCUT2D eigenvalue weighted by molar-refractivity contribution is 5.94. The van der Waals surface area contributed by atoms with E-state index in [1.54, 1.807) is 37.3 Å². The molecule has 0 radical (unpaired) electrons. The van der Waals surface area contributed by atoms with Gasteiger partial charge in [-0.25, -0.2) is 4.79 Å². The van der Waals surface area contributed by atoms with Crippen LogP contribution in [-0.2, 0) is 9.53 Å². The van der Waals surface area contributed by atoms with Crippen molar-refractivity contribution in [1.29, 1.82) is 0 Å². The minimum absolute atomic E-state index is 0.181. The first-order valence-electron chi connectivity index (χ1n) is 6.18. The fourth-order valence-electron chi connectivity index (χ4n) is 1.46. The number of carbonyl (C=O) groups excluding carboxylic acids is 2. The van der Waals surface area contributed by atoms with Gasteiger partial charge in [0.25, 0.3) is 5.91 Å². The molecule has 0 saturated heterocycles. The predicted molar refractivity (Wildman–Crippen MR) is 73.8 cm³/mol. The Morgan fingerprint density at radius 2 is 1.89 bits per heavy atom. The van der Waals surface area contributed by atoms with Gasteiger partial charge in [0.1, 0.15) is 0 Å². The summed E-state index contributed by atoms with van der Waals surface area (Å²) in [6.07, 6.45) is 2.95. The van der Waals surface area contributed by atoms with Crippen LogP contribution in [0.25, 0.3) is 0 Å². The molecule has 4 nitrogen and oxygen atoms in total. The van der Waals surface area contributed by atoms with E-state index in [2.05, 4.69) is 5.32 Å². The molecule has 0 heterocycles. The maximum absolute atomic E-state index is 12.0. The number of hydrogen-bond acceptors (Lipinski definition) is 3. The van der Waals surface area contributed by atoms with Crippen LogP contribution in [0.1, 0.15) is 31.1 Å². The van der Waals surface area contributed by atoms with Crippen molar-refractivity contribution in [3.05, 3.63) is 48.0 Å². The van der Waals surface area contributed by atoms with E-state index in [1.807, 2.05) is 19.9 Å². The van der Waals surface area contributed by atoms with Crippen molar-refractivity contribution in [3.8, 4) is 0 Å². The summed E-state index contributed by atoms with van der Waals surface area (Å²) < 4.78 is 4.79. The van der Waals surface area contributed by atoms with Gasteiger partial charge in [-0.15, -0.1) is 0 Å². The summed E-state index contributed by atoms with van der Waals surface area (Å²) in [4.78, 5) is 23.2. The molecule has 1 rings (SSSR count). The third kappa shape index (κ3) is 5.38. The Morgan fingerprint density at radius 3 is 2.47 bits per heavy atom. The first-order valence-corrected chi connectivity index (χ1v) is 6.18. The van der Waals surface area contributed by atoms with Crippen molar-refractivity contribution in [1.82, 2.24) is 5.32 Å². The Labute approximate surface area is 113 Å². The second-order valence-corrected chi connectivity index (χ2v) is 4.63. The Morgan fingerprint density at radius 1 is 1.26 bits per heavy atom. The van der Waals surface area contributed by atoms with Crippen LogP contribution in [0.4, 0.5) is 0 Å². The highest BCUT2D eigenvalue weighted by Crippen LogP contribution is 2.07. The number of ether oxygens (including phenoxy) is 1. The van der Waals surface area contributed by atoms with Crippen molar-refractivity contribution in [2.45, 2.75) is 26.3 Å². The van der Waals surface area contributed by atoms with Gasteiger partial charge in [0.2, 0.25) is 0 Å². The lowest BCUT2D eigenvalue weighted by Gasteiger charge is -2.22. The van der Waals surface area contributed by atoms with E-state index in [1.165, 1.54) is 6.08 Å². The fourth-order valence-corrected chi connectivity index (χ4v) is 1.46. The van der Waals surface area contributed by atoms with E-state index in [4.69, 9.17) is 4.74 Å². The predicted octanol–water partition coefficient (Wildman–Crippen LogP) is 2.31.